The quantitative estimate of drug-likeness (QED) is 0.616. The number of nitrogens with zero attached hydrogens (tertiary/aromatic N) is 1. The lowest BCUT2D eigenvalue weighted by Crippen LogP contribution is -2.41. The van der Waals surface area contributed by atoms with Gasteiger partial charge in [0.25, 0.3) is 0 Å². The second-order valence-corrected chi connectivity index (χ2v) is 6.21. The summed E-state index contributed by atoms with van der Waals surface area (Å²) >= 11 is 0. The van der Waals surface area contributed by atoms with Crippen LogP contribution in [0.25, 0.3) is 0 Å². The summed E-state index contributed by atoms with van der Waals surface area (Å²) in [6.45, 7) is 7.13. The lowest BCUT2D eigenvalue weighted by Gasteiger charge is -2.22. The van der Waals surface area contributed by atoms with E-state index in [0.717, 1.165) is 6.42 Å². The average Bonchev–Trinajstić information content (AvgIpc) is 2.20. The van der Waals surface area contributed by atoms with Gasteiger partial charge in [-0.2, -0.15) is 0 Å². The Bertz CT molecular complexity index is 298. The van der Waals surface area contributed by atoms with Crippen LogP contribution in [0.4, 0.5) is 4.79 Å². The zero-order chi connectivity index (χ0) is 15.1. The molecule has 0 bridgehead atoms. The fourth-order valence-corrected chi connectivity index (χ4v) is 1.70. The first-order valence-corrected chi connectivity index (χ1v) is 6.59. The first-order chi connectivity index (χ1) is 8.61. The topological polar surface area (TPSA) is 87.5 Å². The van der Waals surface area contributed by atoms with E-state index in [1.165, 1.54) is 4.90 Å². The maximum atomic E-state index is 11.6. The molecule has 0 saturated heterocycles. The molecule has 0 aromatic heterocycles. The van der Waals surface area contributed by atoms with Crippen LogP contribution >= 0.6 is 0 Å². The number of carbonyl (C=O) groups is 2. The number of carbonyl (C=O) groups excluding carboxylic acids is 2. The van der Waals surface area contributed by atoms with Crippen LogP contribution in [0.1, 0.15) is 33.6 Å². The van der Waals surface area contributed by atoms with Gasteiger partial charge >= 0.3 is 6.03 Å². The first-order valence-electron chi connectivity index (χ1n) is 6.59. The Hall–Kier alpha value is -1.30. The highest BCUT2D eigenvalue weighted by molar-refractivity contribution is 5.76. The lowest BCUT2D eigenvalue weighted by atomic mass is 9.87. The molecule has 1 unspecified atom stereocenters. The third kappa shape index (κ3) is 10.3. The van der Waals surface area contributed by atoms with Crippen LogP contribution < -0.4 is 16.4 Å². The van der Waals surface area contributed by atoms with Crippen LogP contribution in [-0.2, 0) is 4.79 Å². The standard InChI is InChI=1S/C13H28N4O2/c1-13(2,3)9-10(14)8-11(18)15-6-7-16-12(19)17(4)5/h10H,6-9,14H2,1-5H3,(H,15,18)(H,16,19). The van der Waals surface area contributed by atoms with E-state index in [9.17, 15) is 9.59 Å². The Balaban J connectivity index is 3.73. The van der Waals surface area contributed by atoms with Crippen molar-refractivity contribution >= 4 is 11.9 Å². The van der Waals surface area contributed by atoms with Crippen LogP contribution in [0.2, 0.25) is 0 Å². The van der Waals surface area contributed by atoms with Gasteiger partial charge in [-0.25, -0.2) is 4.79 Å². The molecular weight excluding hydrogens is 244 g/mol. The zero-order valence-corrected chi connectivity index (χ0v) is 12.7. The Kier molecular flexibility index (Phi) is 7.44. The second kappa shape index (κ2) is 7.99. The zero-order valence-electron chi connectivity index (χ0n) is 12.7. The van der Waals surface area contributed by atoms with E-state index in [1.54, 1.807) is 14.1 Å². The molecule has 0 rings (SSSR count). The SMILES string of the molecule is CN(C)C(=O)NCCNC(=O)CC(N)CC(C)(C)C. The maximum Gasteiger partial charge on any atom is 0.316 e. The minimum absolute atomic E-state index is 0.0733. The summed E-state index contributed by atoms with van der Waals surface area (Å²) in [6.07, 6.45) is 1.12. The number of nitrogens with two attached hydrogens (primary N) is 1. The summed E-state index contributed by atoms with van der Waals surface area (Å²) < 4.78 is 0. The molecule has 19 heavy (non-hydrogen) atoms. The summed E-state index contributed by atoms with van der Waals surface area (Å²) in [5.41, 5.74) is 6.04. The molecule has 112 valence electrons. The van der Waals surface area contributed by atoms with Crippen LogP contribution in [-0.4, -0.2) is 50.1 Å². The van der Waals surface area contributed by atoms with E-state index in [2.05, 4.69) is 31.4 Å². The summed E-state index contributed by atoms with van der Waals surface area (Å²) in [5, 5.41) is 5.41. The molecule has 0 saturated carbocycles. The Morgan fingerprint density at radius 2 is 1.68 bits per heavy atom. The first kappa shape index (κ1) is 17.7. The van der Waals surface area contributed by atoms with E-state index in [1.807, 2.05) is 0 Å². The lowest BCUT2D eigenvalue weighted by molar-refractivity contribution is -0.121. The van der Waals surface area contributed by atoms with Gasteiger partial charge in [-0.3, -0.25) is 4.79 Å². The van der Waals surface area contributed by atoms with Gasteiger partial charge < -0.3 is 21.3 Å². The van der Waals surface area contributed by atoms with Crippen molar-refractivity contribution in [2.75, 3.05) is 27.2 Å². The monoisotopic (exact) mass is 272 g/mol. The highest BCUT2D eigenvalue weighted by atomic mass is 16.2. The molecule has 0 spiro atoms. The highest BCUT2D eigenvalue weighted by Crippen LogP contribution is 2.20. The van der Waals surface area contributed by atoms with Gasteiger partial charge in [0.05, 0.1) is 0 Å². The number of amides is 3. The average molecular weight is 272 g/mol. The molecule has 1 atom stereocenters. The largest absolute Gasteiger partial charge is 0.354 e. The van der Waals surface area contributed by atoms with E-state index >= 15 is 0 Å². The minimum atomic E-state index is -0.168. The number of urea groups is 1. The van der Waals surface area contributed by atoms with Crippen molar-refractivity contribution in [3.8, 4) is 0 Å². The third-order valence-corrected chi connectivity index (χ3v) is 2.45. The smallest absolute Gasteiger partial charge is 0.316 e. The third-order valence-electron chi connectivity index (χ3n) is 2.45. The Morgan fingerprint density at radius 3 is 2.16 bits per heavy atom. The minimum Gasteiger partial charge on any atom is -0.354 e. The van der Waals surface area contributed by atoms with E-state index in [4.69, 9.17) is 5.73 Å². The van der Waals surface area contributed by atoms with Crippen molar-refractivity contribution in [2.45, 2.75) is 39.7 Å². The molecule has 0 heterocycles. The summed E-state index contributed by atoms with van der Waals surface area (Å²) in [7, 11) is 3.33. The molecule has 0 aliphatic carbocycles. The van der Waals surface area contributed by atoms with E-state index in [-0.39, 0.29) is 23.4 Å². The molecule has 0 radical (unpaired) electrons. The van der Waals surface area contributed by atoms with E-state index in [0.29, 0.717) is 19.5 Å². The van der Waals surface area contributed by atoms with Crippen molar-refractivity contribution in [1.82, 2.24) is 15.5 Å². The fourth-order valence-electron chi connectivity index (χ4n) is 1.70. The number of rotatable bonds is 6. The molecule has 0 aliphatic heterocycles. The Morgan fingerprint density at radius 1 is 1.16 bits per heavy atom. The van der Waals surface area contributed by atoms with E-state index < -0.39 is 0 Å². The molecule has 0 fully saturated rings. The molecule has 6 nitrogen and oxygen atoms in total. The van der Waals surface area contributed by atoms with Crippen molar-refractivity contribution in [1.29, 1.82) is 0 Å². The number of nitrogens with one attached hydrogen (secondary N) is 2. The Labute approximate surface area is 116 Å². The molecule has 0 aromatic rings. The maximum absolute atomic E-state index is 11.6. The van der Waals surface area contributed by atoms with Gasteiger partial charge in [0.15, 0.2) is 0 Å². The molecule has 0 aliphatic rings. The van der Waals surface area contributed by atoms with Crippen molar-refractivity contribution < 1.29 is 9.59 Å². The van der Waals surface area contributed by atoms with Gasteiger partial charge in [0.1, 0.15) is 0 Å². The molecular formula is C13H28N4O2. The molecule has 3 amide bonds. The van der Waals surface area contributed by atoms with Gasteiger partial charge in [-0.15, -0.1) is 0 Å². The molecule has 0 aromatic carbocycles. The van der Waals surface area contributed by atoms with Crippen LogP contribution in [0.15, 0.2) is 0 Å². The van der Waals surface area contributed by atoms with Crippen LogP contribution in [0, 0.1) is 5.41 Å². The van der Waals surface area contributed by atoms with Crippen molar-refractivity contribution in [3.05, 3.63) is 0 Å². The van der Waals surface area contributed by atoms with Crippen LogP contribution in [0.5, 0.6) is 0 Å². The fraction of sp³-hybridized carbons (Fsp3) is 0.846. The van der Waals surface area contributed by atoms with Gasteiger partial charge in [-0.1, -0.05) is 20.8 Å². The van der Waals surface area contributed by atoms with Crippen molar-refractivity contribution in [3.63, 3.8) is 0 Å². The molecule has 6 heteroatoms. The highest BCUT2D eigenvalue weighted by Gasteiger charge is 2.17. The van der Waals surface area contributed by atoms with Gasteiger partial charge in [0.2, 0.25) is 5.91 Å². The number of hydrogen-bond donors (Lipinski definition) is 3. The summed E-state index contributed by atoms with van der Waals surface area (Å²) in [5.74, 6) is -0.0733. The summed E-state index contributed by atoms with van der Waals surface area (Å²) in [4.78, 5) is 24.3. The normalized spacial score (nSPS) is 12.7. The second-order valence-electron chi connectivity index (χ2n) is 6.21. The summed E-state index contributed by atoms with van der Waals surface area (Å²) in [6, 6.07) is -0.296. The van der Waals surface area contributed by atoms with Gasteiger partial charge in [0, 0.05) is 39.6 Å². The van der Waals surface area contributed by atoms with Crippen molar-refractivity contribution in [2.24, 2.45) is 11.1 Å². The predicted octanol–water partition coefficient (Wildman–Crippen LogP) is 0.527. The molecule has 4 N–H and O–H groups in total. The van der Waals surface area contributed by atoms with Crippen LogP contribution in [0.3, 0.4) is 0 Å². The number of hydrogen-bond acceptors (Lipinski definition) is 3. The van der Waals surface area contributed by atoms with Gasteiger partial charge in [-0.05, 0) is 11.8 Å². The predicted molar refractivity (Wildman–Crippen MR) is 76.8 cm³/mol.